The zero-order valence-electron chi connectivity index (χ0n) is 11.5. The monoisotopic (exact) mass is 277 g/mol. The highest BCUT2D eigenvalue weighted by Crippen LogP contribution is 2.30. The van der Waals surface area contributed by atoms with E-state index in [0.29, 0.717) is 12.0 Å². The molecule has 2 heterocycles. The molecule has 1 aromatic carbocycles. The van der Waals surface area contributed by atoms with Crippen LogP contribution in [0.15, 0.2) is 18.2 Å². The third-order valence-electron chi connectivity index (χ3n) is 4.04. The topological polar surface area (TPSA) is 29.9 Å². The fraction of sp³-hybridized carbons (Fsp3) is 0.533. The molecule has 4 heteroatoms. The first-order valence-corrected chi connectivity index (χ1v) is 7.46. The van der Waals surface area contributed by atoms with Gasteiger partial charge >= 0.3 is 0 Å². The van der Waals surface area contributed by atoms with Crippen LogP contribution in [0.2, 0.25) is 5.02 Å². The molecule has 1 aromatic heterocycles. The molecule has 1 saturated heterocycles. The highest BCUT2D eigenvalue weighted by molar-refractivity contribution is 6.31. The summed E-state index contributed by atoms with van der Waals surface area (Å²) in [6.45, 7) is 6.46. The quantitative estimate of drug-likeness (QED) is 0.910. The lowest BCUT2D eigenvalue weighted by Crippen LogP contribution is -2.35. The second-order valence-corrected chi connectivity index (χ2v) is 5.86. The molecule has 0 saturated carbocycles. The first kappa shape index (κ1) is 12.9. The van der Waals surface area contributed by atoms with E-state index in [1.54, 1.807) is 0 Å². The molecule has 102 valence electrons. The summed E-state index contributed by atoms with van der Waals surface area (Å²) in [6, 6.07) is 6.55. The fourth-order valence-corrected chi connectivity index (χ4v) is 3.29. The normalized spacial score (nSPS) is 23.9. The van der Waals surface area contributed by atoms with Gasteiger partial charge in [-0.15, -0.1) is 0 Å². The highest BCUT2D eigenvalue weighted by atomic mass is 35.5. The van der Waals surface area contributed by atoms with Gasteiger partial charge < -0.3 is 9.88 Å². The van der Waals surface area contributed by atoms with Crippen molar-refractivity contribution in [2.45, 2.75) is 45.2 Å². The molecular weight excluding hydrogens is 258 g/mol. The van der Waals surface area contributed by atoms with Crippen molar-refractivity contribution in [3.8, 4) is 0 Å². The van der Waals surface area contributed by atoms with Gasteiger partial charge in [0.2, 0.25) is 0 Å². The Kier molecular flexibility index (Phi) is 3.50. The van der Waals surface area contributed by atoms with Crippen LogP contribution in [0.25, 0.3) is 11.0 Å². The number of hydrogen-bond donors (Lipinski definition) is 1. The van der Waals surface area contributed by atoms with Crippen LogP contribution in [0.1, 0.15) is 38.4 Å². The van der Waals surface area contributed by atoms with Crippen molar-refractivity contribution in [3.05, 3.63) is 29.0 Å². The molecule has 0 bridgehead atoms. The van der Waals surface area contributed by atoms with Crippen LogP contribution in [-0.2, 0) is 6.54 Å². The Hall–Kier alpha value is -1.06. The van der Waals surface area contributed by atoms with Crippen molar-refractivity contribution in [1.29, 1.82) is 0 Å². The molecule has 0 aliphatic carbocycles. The molecule has 0 spiro atoms. The minimum atomic E-state index is 0.558. The summed E-state index contributed by atoms with van der Waals surface area (Å²) in [7, 11) is 0. The van der Waals surface area contributed by atoms with Crippen molar-refractivity contribution in [2.24, 2.45) is 0 Å². The Labute approximate surface area is 119 Å². The summed E-state index contributed by atoms with van der Waals surface area (Å²) in [5, 5.41) is 4.29. The largest absolute Gasteiger partial charge is 0.328 e. The smallest absolute Gasteiger partial charge is 0.113 e. The number of hydrogen-bond acceptors (Lipinski definition) is 2. The highest BCUT2D eigenvalue weighted by Gasteiger charge is 2.24. The van der Waals surface area contributed by atoms with Crippen LogP contribution in [-0.4, -0.2) is 22.1 Å². The molecule has 2 atom stereocenters. The van der Waals surface area contributed by atoms with Crippen LogP contribution in [0.5, 0.6) is 0 Å². The summed E-state index contributed by atoms with van der Waals surface area (Å²) in [5.74, 6) is 1.79. The molecule has 0 amide bonds. The van der Waals surface area contributed by atoms with Crippen molar-refractivity contribution in [1.82, 2.24) is 14.9 Å². The van der Waals surface area contributed by atoms with Gasteiger partial charge in [-0.3, -0.25) is 0 Å². The number of rotatable bonds is 2. The summed E-state index contributed by atoms with van der Waals surface area (Å²) in [4.78, 5) is 4.86. The summed E-state index contributed by atoms with van der Waals surface area (Å²) in [6.07, 6.45) is 2.33. The van der Waals surface area contributed by atoms with E-state index < -0.39 is 0 Å². The Morgan fingerprint density at radius 2 is 2.32 bits per heavy atom. The number of benzene rings is 1. The Morgan fingerprint density at radius 1 is 1.47 bits per heavy atom. The molecule has 1 fully saturated rings. The van der Waals surface area contributed by atoms with Gasteiger partial charge in [0.25, 0.3) is 0 Å². The van der Waals surface area contributed by atoms with Crippen LogP contribution in [0.4, 0.5) is 0 Å². The van der Waals surface area contributed by atoms with E-state index in [1.165, 1.54) is 12.2 Å². The summed E-state index contributed by atoms with van der Waals surface area (Å²) >= 11 is 6.11. The number of halogens is 1. The minimum Gasteiger partial charge on any atom is -0.328 e. The molecule has 3 rings (SSSR count). The second-order valence-electron chi connectivity index (χ2n) is 5.42. The van der Waals surface area contributed by atoms with Crippen LogP contribution in [0, 0.1) is 0 Å². The average molecular weight is 278 g/mol. The maximum atomic E-state index is 6.11. The first-order chi connectivity index (χ1) is 9.19. The van der Waals surface area contributed by atoms with Gasteiger partial charge in [-0.05, 0) is 51.4 Å². The lowest BCUT2D eigenvalue weighted by atomic mass is 9.92. The van der Waals surface area contributed by atoms with Crippen molar-refractivity contribution >= 4 is 22.6 Å². The van der Waals surface area contributed by atoms with Gasteiger partial charge in [0.1, 0.15) is 5.82 Å². The van der Waals surface area contributed by atoms with Gasteiger partial charge in [-0.1, -0.05) is 11.6 Å². The Morgan fingerprint density at radius 3 is 3.05 bits per heavy atom. The predicted molar refractivity (Wildman–Crippen MR) is 79.9 cm³/mol. The maximum absolute atomic E-state index is 6.11. The molecule has 2 aromatic rings. The fourth-order valence-electron chi connectivity index (χ4n) is 3.12. The van der Waals surface area contributed by atoms with E-state index in [9.17, 15) is 0 Å². The number of nitrogens with one attached hydrogen (secondary N) is 1. The average Bonchev–Trinajstić information content (AvgIpc) is 2.76. The number of piperidine rings is 1. The molecule has 1 aliphatic heterocycles. The van der Waals surface area contributed by atoms with Crippen molar-refractivity contribution < 1.29 is 0 Å². The predicted octanol–water partition coefficient (Wildman–Crippen LogP) is 3.57. The SMILES string of the molecule is CCn1c(C2CCNC(C)C2)nc2ccc(Cl)cc21. The third-order valence-corrected chi connectivity index (χ3v) is 4.28. The third kappa shape index (κ3) is 2.37. The van der Waals surface area contributed by atoms with E-state index in [1.807, 2.05) is 18.2 Å². The maximum Gasteiger partial charge on any atom is 0.113 e. The first-order valence-electron chi connectivity index (χ1n) is 7.08. The van der Waals surface area contributed by atoms with Crippen molar-refractivity contribution in [3.63, 3.8) is 0 Å². The number of fused-ring (bicyclic) bond motifs is 1. The van der Waals surface area contributed by atoms with Gasteiger partial charge in [0, 0.05) is 23.5 Å². The zero-order valence-corrected chi connectivity index (χ0v) is 12.2. The second kappa shape index (κ2) is 5.14. The zero-order chi connectivity index (χ0) is 13.4. The van der Waals surface area contributed by atoms with E-state index in [2.05, 4.69) is 23.7 Å². The minimum absolute atomic E-state index is 0.558. The molecule has 19 heavy (non-hydrogen) atoms. The van der Waals surface area contributed by atoms with E-state index in [0.717, 1.165) is 35.6 Å². The number of aromatic nitrogens is 2. The van der Waals surface area contributed by atoms with E-state index in [4.69, 9.17) is 16.6 Å². The number of imidazole rings is 1. The van der Waals surface area contributed by atoms with Crippen LogP contribution >= 0.6 is 11.6 Å². The molecular formula is C15H20ClN3. The molecule has 1 N–H and O–H groups in total. The summed E-state index contributed by atoms with van der Waals surface area (Å²) < 4.78 is 2.32. The molecule has 0 radical (unpaired) electrons. The molecule has 1 aliphatic rings. The van der Waals surface area contributed by atoms with Gasteiger partial charge in [0.05, 0.1) is 11.0 Å². The van der Waals surface area contributed by atoms with Crippen LogP contribution < -0.4 is 5.32 Å². The Bertz CT molecular complexity index is 590. The van der Waals surface area contributed by atoms with Crippen molar-refractivity contribution in [2.75, 3.05) is 6.54 Å². The van der Waals surface area contributed by atoms with Gasteiger partial charge in [0.15, 0.2) is 0 Å². The lowest BCUT2D eigenvalue weighted by Gasteiger charge is -2.28. The Balaban J connectivity index is 2.07. The lowest BCUT2D eigenvalue weighted by molar-refractivity contribution is 0.365. The molecule has 2 unspecified atom stereocenters. The van der Waals surface area contributed by atoms with Gasteiger partial charge in [-0.2, -0.15) is 0 Å². The van der Waals surface area contributed by atoms with Gasteiger partial charge in [-0.25, -0.2) is 4.98 Å². The van der Waals surface area contributed by atoms with Crippen LogP contribution in [0.3, 0.4) is 0 Å². The van der Waals surface area contributed by atoms with E-state index in [-0.39, 0.29) is 0 Å². The standard InChI is InChI=1S/C15H20ClN3/c1-3-19-14-9-12(16)4-5-13(14)18-15(19)11-6-7-17-10(2)8-11/h4-5,9-11,17H,3,6-8H2,1-2H3. The molecule has 3 nitrogen and oxygen atoms in total. The van der Waals surface area contributed by atoms with E-state index >= 15 is 0 Å². The summed E-state index contributed by atoms with van der Waals surface area (Å²) in [5.41, 5.74) is 2.23. The number of aryl methyl sites for hydroxylation is 1. The number of nitrogens with zero attached hydrogens (tertiary/aromatic N) is 2.